The maximum atomic E-state index is 12.7. The van der Waals surface area contributed by atoms with Crippen molar-refractivity contribution in [3.8, 4) is 0 Å². The molecule has 0 spiro atoms. The topological polar surface area (TPSA) is 96.9 Å². The molecule has 12 heteroatoms. The van der Waals surface area contributed by atoms with E-state index in [4.69, 9.17) is 0 Å². The van der Waals surface area contributed by atoms with Crippen molar-refractivity contribution in [1.29, 1.82) is 0 Å². The van der Waals surface area contributed by atoms with Crippen molar-refractivity contribution in [3.05, 3.63) is 76.7 Å². The third kappa shape index (κ3) is 7.46. The number of rotatable bonds is 6. The Morgan fingerprint density at radius 3 is 2.24 bits per heavy atom. The minimum atomic E-state index is -4.60. The van der Waals surface area contributed by atoms with Gasteiger partial charge >= 0.3 is 5.51 Å². The third-order valence-electron chi connectivity index (χ3n) is 4.06. The van der Waals surface area contributed by atoms with E-state index < -0.39 is 34.1 Å². The van der Waals surface area contributed by atoms with Gasteiger partial charge in [-0.2, -0.15) is 13.2 Å². The monoisotopic (exact) mass is 493 g/mol. The highest BCUT2D eigenvalue weighted by Crippen LogP contribution is 2.37. The summed E-state index contributed by atoms with van der Waals surface area (Å²) in [6, 6.07) is 11.1. The van der Waals surface area contributed by atoms with Gasteiger partial charge in [0.2, 0.25) is 0 Å². The van der Waals surface area contributed by atoms with Gasteiger partial charge in [-0.05, 0) is 49.7 Å². The number of alkyl halides is 3. The lowest BCUT2D eigenvalue weighted by Gasteiger charge is -2.11. The van der Waals surface area contributed by atoms with Crippen molar-refractivity contribution in [2.45, 2.75) is 35.3 Å². The maximum Gasteiger partial charge on any atom is 0.447 e. The van der Waals surface area contributed by atoms with Crippen LogP contribution in [0, 0.1) is 13.8 Å². The van der Waals surface area contributed by atoms with Crippen LogP contribution in [0.25, 0.3) is 0 Å². The number of amides is 2. The molecule has 0 saturated carbocycles. The quantitative estimate of drug-likeness (QED) is 0.297. The molecular weight excluding hydrogens is 475 g/mol. The zero-order chi connectivity index (χ0) is 24.0. The highest BCUT2D eigenvalue weighted by Gasteiger charge is 2.32. The van der Waals surface area contributed by atoms with E-state index in [1.165, 1.54) is 23.9 Å². The molecule has 0 radical (unpaired) electrons. The largest absolute Gasteiger partial charge is 0.447 e. The lowest BCUT2D eigenvalue weighted by Crippen LogP contribution is -2.41. The summed E-state index contributed by atoms with van der Waals surface area (Å²) in [5, 5.41) is 0.155. The molecule has 3 aromatic rings. The van der Waals surface area contributed by atoms with Crippen LogP contribution in [0.5, 0.6) is 0 Å². The van der Waals surface area contributed by atoms with Gasteiger partial charge in [0, 0.05) is 40.7 Å². The number of benzene rings is 1. The fourth-order valence-corrected chi connectivity index (χ4v) is 4.17. The highest BCUT2D eigenvalue weighted by molar-refractivity contribution is 8.00. The summed E-state index contributed by atoms with van der Waals surface area (Å²) in [7, 11) is 0. The van der Waals surface area contributed by atoms with Crippen molar-refractivity contribution >= 4 is 35.3 Å². The first-order valence-corrected chi connectivity index (χ1v) is 11.3. The number of hydrogen-bond donors (Lipinski definition) is 2. The number of thioether (sulfide) groups is 2. The molecule has 7 nitrogen and oxygen atoms in total. The molecule has 0 aliphatic heterocycles. The Morgan fingerprint density at radius 2 is 1.61 bits per heavy atom. The van der Waals surface area contributed by atoms with Gasteiger partial charge in [0.1, 0.15) is 5.03 Å². The summed E-state index contributed by atoms with van der Waals surface area (Å²) in [6.45, 7) is 3.80. The second-order valence-electron chi connectivity index (χ2n) is 6.73. The van der Waals surface area contributed by atoms with Gasteiger partial charge in [0.05, 0.1) is 5.56 Å². The summed E-state index contributed by atoms with van der Waals surface area (Å²) in [5.74, 6) is -0.930. The average Bonchev–Trinajstić information content (AvgIpc) is 2.75. The van der Waals surface area contributed by atoms with E-state index in [2.05, 4.69) is 25.8 Å². The fraction of sp³-hybridized carbons (Fsp3) is 0.190. The molecule has 33 heavy (non-hydrogen) atoms. The van der Waals surface area contributed by atoms with Crippen LogP contribution in [0.1, 0.15) is 37.7 Å². The minimum absolute atomic E-state index is 0.266. The Morgan fingerprint density at radius 1 is 0.970 bits per heavy atom. The standard InChI is InChI=1S/C21H18F3N5O2S2/c1-12-10-13(2)27-20(26-12)32-11-14-5-7-15(8-6-14)17(30)28-29-18(31)16-4-3-9-25-19(16)33-21(22,23)24/h3-10H,11H2,1-2H3,(H,28,30)(H,29,31). The van der Waals surface area contributed by atoms with E-state index in [1.54, 1.807) is 24.3 Å². The summed E-state index contributed by atoms with van der Waals surface area (Å²) in [4.78, 5) is 36.9. The number of pyridine rings is 1. The van der Waals surface area contributed by atoms with Crippen molar-refractivity contribution < 1.29 is 22.8 Å². The second kappa shape index (κ2) is 10.7. The maximum absolute atomic E-state index is 12.7. The number of hydrogen-bond acceptors (Lipinski definition) is 7. The molecule has 0 bridgehead atoms. The highest BCUT2D eigenvalue weighted by atomic mass is 32.2. The normalized spacial score (nSPS) is 11.2. The number of nitrogens with zero attached hydrogens (tertiary/aromatic N) is 3. The number of carbonyl (C=O) groups is 2. The molecule has 0 atom stereocenters. The van der Waals surface area contributed by atoms with Gasteiger partial charge in [-0.25, -0.2) is 15.0 Å². The first-order valence-electron chi connectivity index (χ1n) is 9.46. The molecule has 0 aliphatic rings. The van der Waals surface area contributed by atoms with Crippen molar-refractivity contribution in [1.82, 2.24) is 25.8 Å². The van der Waals surface area contributed by atoms with Crippen molar-refractivity contribution in [2.24, 2.45) is 0 Å². The van der Waals surface area contributed by atoms with Crippen LogP contribution in [-0.2, 0) is 5.75 Å². The Kier molecular flexibility index (Phi) is 7.92. The Hall–Kier alpha value is -3.12. The Balaban J connectivity index is 1.56. The van der Waals surface area contributed by atoms with Crippen LogP contribution >= 0.6 is 23.5 Å². The lowest BCUT2D eigenvalue weighted by molar-refractivity contribution is -0.0329. The van der Waals surface area contributed by atoms with Gasteiger partial charge in [-0.3, -0.25) is 20.4 Å². The van der Waals surface area contributed by atoms with Crippen LogP contribution in [0.4, 0.5) is 13.2 Å². The van der Waals surface area contributed by atoms with E-state index in [0.29, 0.717) is 10.9 Å². The first-order chi connectivity index (χ1) is 15.6. The minimum Gasteiger partial charge on any atom is -0.267 e. The van der Waals surface area contributed by atoms with Gasteiger partial charge < -0.3 is 0 Å². The Labute approximate surface area is 196 Å². The molecule has 2 aromatic heterocycles. The van der Waals surface area contributed by atoms with Crippen LogP contribution in [0.3, 0.4) is 0 Å². The van der Waals surface area contributed by atoms with E-state index in [-0.39, 0.29) is 11.1 Å². The molecule has 0 fully saturated rings. The predicted octanol–water partition coefficient (Wildman–Crippen LogP) is 4.47. The second-order valence-corrected chi connectivity index (χ2v) is 8.73. The van der Waals surface area contributed by atoms with Crippen LogP contribution in [0.2, 0.25) is 0 Å². The van der Waals surface area contributed by atoms with Crippen molar-refractivity contribution in [3.63, 3.8) is 0 Å². The van der Waals surface area contributed by atoms with E-state index in [0.717, 1.165) is 23.1 Å². The smallest absolute Gasteiger partial charge is 0.267 e. The van der Waals surface area contributed by atoms with E-state index in [1.807, 2.05) is 19.9 Å². The molecule has 0 saturated heterocycles. The molecule has 2 N–H and O–H groups in total. The van der Waals surface area contributed by atoms with Crippen molar-refractivity contribution in [2.75, 3.05) is 0 Å². The SMILES string of the molecule is Cc1cc(C)nc(SCc2ccc(C(=O)NNC(=O)c3cccnc3SC(F)(F)F)cc2)n1. The molecule has 3 rings (SSSR count). The lowest BCUT2D eigenvalue weighted by atomic mass is 10.1. The summed E-state index contributed by atoms with van der Waals surface area (Å²) < 4.78 is 38.0. The molecule has 172 valence electrons. The van der Waals surface area contributed by atoms with Crippen LogP contribution in [0.15, 0.2) is 58.8 Å². The summed E-state index contributed by atoms with van der Waals surface area (Å²) >= 11 is 0.962. The van der Waals surface area contributed by atoms with Gasteiger partial charge in [0.15, 0.2) is 5.16 Å². The average molecular weight is 494 g/mol. The number of nitrogens with one attached hydrogen (secondary N) is 2. The number of aryl methyl sites for hydroxylation is 2. The van der Waals surface area contributed by atoms with Crippen LogP contribution in [-0.4, -0.2) is 32.3 Å². The molecule has 2 heterocycles. The zero-order valence-electron chi connectivity index (χ0n) is 17.4. The number of aromatic nitrogens is 3. The first kappa shape index (κ1) is 24.5. The number of hydrazine groups is 1. The molecule has 0 aliphatic carbocycles. The summed E-state index contributed by atoms with van der Waals surface area (Å²) in [6.07, 6.45) is 1.15. The van der Waals surface area contributed by atoms with Gasteiger partial charge in [-0.15, -0.1) is 0 Å². The van der Waals surface area contributed by atoms with Gasteiger partial charge in [-0.1, -0.05) is 23.9 Å². The zero-order valence-corrected chi connectivity index (χ0v) is 19.1. The number of halogens is 3. The predicted molar refractivity (Wildman–Crippen MR) is 119 cm³/mol. The summed E-state index contributed by atoms with van der Waals surface area (Å²) in [5.41, 5.74) is 2.38. The third-order valence-corrected chi connectivity index (χ3v) is 5.73. The fourth-order valence-electron chi connectivity index (χ4n) is 2.67. The molecule has 1 aromatic carbocycles. The van der Waals surface area contributed by atoms with E-state index in [9.17, 15) is 22.8 Å². The van der Waals surface area contributed by atoms with E-state index >= 15 is 0 Å². The molecule has 2 amide bonds. The number of carbonyl (C=O) groups excluding carboxylic acids is 2. The molecule has 0 unspecified atom stereocenters. The molecular formula is C21H18F3N5O2S2. The van der Waals surface area contributed by atoms with Gasteiger partial charge in [0.25, 0.3) is 11.8 Å². The Bertz CT molecular complexity index is 1140. The van der Waals surface area contributed by atoms with Crippen LogP contribution < -0.4 is 10.9 Å².